The van der Waals surface area contributed by atoms with E-state index in [4.69, 9.17) is 4.74 Å². The van der Waals surface area contributed by atoms with Gasteiger partial charge in [0.1, 0.15) is 12.4 Å². The van der Waals surface area contributed by atoms with Gasteiger partial charge in [-0.05, 0) is 50.2 Å². The average molecular weight is 362 g/mol. The number of likely N-dealkylation sites (N-methyl/N-ethyl adjacent to an activating group) is 1. The number of nitrogens with one attached hydrogen (secondary N) is 1. The minimum Gasteiger partial charge on any atom is -0.492 e. The molecule has 5 nitrogen and oxygen atoms in total. The summed E-state index contributed by atoms with van der Waals surface area (Å²) < 4.78 is 30.5. The summed E-state index contributed by atoms with van der Waals surface area (Å²) in [4.78, 5) is 2.24. The van der Waals surface area contributed by atoms with E-state index in [9.17, 15) is 8.42 Å². The lowest BCUT2D eigenvalue weighted by atomic mass is 10.1. The molecule has 0 atom stereocenters. The number of nitrogens with zero attached hydrogens (tertiary/aromatic N) is 1. The monoisotopic (exact) mass is 362 g/mol. The van der Waals surface area contributed by atoms with E-state index >= 15 is 0 Å². The van der Waals surface area contributed by atoms with E-state index in [2.05, 4.69) is 47.9 Å². The third kappa shape index (κ3) is 7.58. The highest BCUT2D eigenvalue weighted by Gasteiger charge is 2.03. The number of hydrogen-bond acceptors (Lipinski definition) is 4. The molecule has 1 N–H and O–H groups in total. The summed E-state index contributed by atoms with van der Waals surface area (Å²) in [7, 11) is -1.17. The van der Waals surface area contributed by atoms with Gasteiger partial charge in [0.05, 0.1) is 6.26 Å². The number of anilines is 1. The zero-order valence-electron chi connectivity index (χ0n) is 15.0. The van der Waals surface area contributed by atoms with E-state index in [0.717, 1.165) is 31.5 Å². The van der Waals surface area contributed by atoms with Crippen molar-refractivity contribution in [1.82, 2.24) is 4.90 Å². The molecule has 0 spiro atoms. The van der Waals surface area contributed by atoms with Gasteiger partial charge in [0, 0.05) is 18.8 Å². The molecule has 0 bridgehead atoms. The number of sulfonamides is 1. The zero-order chi connectivity index (χ0) is 18.3. The van der Waals surface area contributed by atoms with Crippen LogP contribution in [0.25, 0.3) is 0 Å². The van der Waals surface area contributed by atoms with Gasteiger partial charge in [-0.1, -0.05) is 29.8 Å². The summed E-state index contributed by atoms with van der Waals surface area (Å²) in [6.07, 6.45) is 2.15. The second-order valence-corrected chi connectivity index (χ2v) is 8.03. The van der Waals surface area contributed by atoms with Crippen molar-refractivity contribution in [2.75, 3.05) is 37.7 Å². The van der Waals surface area contributed by atoms with Gasteiger partial charge in [-0.3, -0.25) is 4.72 Å². The van der Waals surface area contributed by atoms with Gasteiger partial charge in [-0.15, -0.1) is 0 Å². The number of aryl methyl sites for hydroxylation is 1. The van der Waals surface area contributed by atoms with Gasteiger partial charge in [0.15, 0.2) is 0 Å². The first-order chi connectivity index (χ1) is 11.8. The summed E-state index contributed by atoms with van der Waals surface area (Å²) in [5, 5.41) is 0. The molecular weight excluding hydrogens is 336 g/mol. The molecule has 6 heteroatoms. The molecule has 0 aromatic heterocycles. The molecule has 2 aromatic rings. The van der Waals surface area contributed by atoms with Crippen LogP contribution in [-0.4, -0.2) is 46.3 Å². The van der Waals surface area contributed by atoms with E-state index in [1.807, 2.05) is 0 Å². The molecule has 0 unspecified atom stereocenters. The van der Waals surface area contributed by atoms with Crippen LogP contribution >= 0.6 is 0 Å². The van der Waals surface area contributed by atoms with Gasteiger partial charge < -0.3 is 9.64 Å². The Hall–Kier alpha value is -2.05. The molecule has 0 amide bonds. The molecule has 0 aliphatic carbocycles. The molecule has 0 fully saturated rings. The maximum atomic E-state index is 11.2. The molecule has 0 saturated carbocycles. The van der Waals surface area contributed by atoms with Crippen molar-refractivity contribution < 1.29 is 13.2 Å². The Morgan fingerprint density at radius 3 is 2.24 bits per heavy atom. The number of hydrogen-bond donors (Lipinski definition) is 1. The number of ether oxygens (including phenoxy) is 1. The first-order valence-corrected chi connectivity index (χ1v) is 10.2. The lowest BCUT2D eigenvalue weighted by Gasteiger charge is -2.17. The summed E-state index contributed by atoms with van der Waals surface area (Å²) in [5.74, 6) is 0.728. The van der Waals surface area contributed by atoms with Crippen LogP contribution in [0.2, 0.25) is 0 Å². The molecule has 0 aliphatic rings. The van der Waals surface area contributed by atoms with Crippen LogP contribution in [0, 0.1) is 6.92 Å². The van der Waals surface area contributed by atoms with Crippen LogP contribution in [0.15, 0.2) is 48.5 Å². The number of rotatable bonds is 9. The van der Waals surface area contributed by atoms with Crippen molar-refractivity contribution in [3.05, 3.63) is 59.7 Å². The fourth-order valence-corrected chi connectivity index (χ4v) is 2.90. The van der Waals surface area contributed by atoms with Crippen molar-refractivity contribution >= 4 is 15.7 Å². The predicted molar refractivity (Wildman–Crippen MR) is 103 cm³/mol. The SMILES string of the molecule is Cc1ccc(CCN(C)CCOc2ccc(NS(C)(=O)=O)cc2)cc1. The predicted octanol–water partition coefficient (Wildman–Crippen LogP) is 2.92. The molecule has 25 heavy (non-hydrogen) atoms. The summed E-state index contributed by atoms with van der Waals surface area (Å²) in [5.41, 5.74) is 3.15. The Balaban J connectivity index is 1.70. The average Bonchev–Trinajstić information content (AvgIpc) is 2.55. The van der Waals surface area contributed by atoms with Crippen LogP contribution in [0.1, 0.15) is 11.1 Å². The molecule has 0 heterocycles. The van der Waals surface area contributed by atoms with E-state index in [-0.39, 0.29) is 0 Å². The minimum atomic E-state index is -3.25. The van der Waals surface area contributed by atoms with E-state index in [0.29, 0.717) is 12.3 Å². The highest BCUT2D eigenvalue weighted by Crippen LogP contribution is 2.16. The van der Waals surface area contributed by atoms with Gasteiger partial charge in [0.25, 0.3) is 0 Å². The molecule has 2 aromatic carbocycles. The van der Waals surface area contributed by atoms with Gasteiger partial charge in [-0.25, -0.2) is 8.42 Å². The van der Waals surface area contributed by atoms with Crippen LogP contribution in [0.3, 0.4) is 0 Å². The smallest absolute Gasteiger partial charge is 0.229 e. The molecular formula is C19H26N2O3S. The largest absolute Gasteiger partial charge is 0.492 e. The second-order valence-electron chi connectivity index (χ2n) is 6.29. The first kappa shape index (κ1) is 19.3. The van der Waals surface area contributed by atoms with Crippen LogP contribution in [0.5, 0.6) is 5.75 Å². The van der Waals surface area contributed by atoms with Crippen LogP contribution in [0.4, 0.5) is 5.69 Å². The normalized spacial score (nSPS) is 11.5. The zero-order valence-corrected chi connectivity index (χ0v) is 15.8. The van der Waals surface area contributed by atoms with Gasteiger partial charge >= 0.3 is 0 Å². The quantitative estimate of drug-likeness (QED) is 0.745. The molecule has 0 saturated heterocycles. The number of benzene rings is 2. The summed E-state index contributed by atoms with van der Waals surface area (Å²) >= 11 is 0. The Morgan fingerprint density at radius 2 is 1.64 bits per heavy atom. The van der Waals surface area contributed by atoms with Crippen molar-refractivity contribution in [2.45, 2.75) is 13.3 Å². The molecule has 0 aliphatic heterocycles. The maximum Gasteiger partial charge on any atom is 0.229 e. The second kappa shape index (κ2) is 8.87. The minimum absolute atomic E-state index is 0.532. The van der Waals surface area contributed by atoms with Crippen LogP contribution < -0.4 is 9.46 Å². The topological polar surface area (TPSA) is 58.6 Å². The lowest BCUT2D eigenvalue weighted by molar-refractivity contribution is 0.239. The molecule has 136 valence electrons. The van der Waals surface area contributed by atoms with Gasteiger partial charge in [0.2, 0.25) is 10.0 Å². The van der Waals surface area contributed by atoms with Crippen molar-refractivity contribution in [1.29, 1.82) is 0 Å². The summed E-state index contributed by atoms with van der Waals surface area (Å²) in [6, 6.07) is 15.5. The standard InChI is InChI=1S/C19H26N2O3S/c1-16-4-6-17(7-5-16)12-13-21(2)14-15-24-19-10-8-18(9-11-19)20-25(3,22)23/h4-11,20H,12-15H2,1-3H3. The maximum absolute atomic E-state index is 11.2. The Labute approximate surface area is 150 Å². The van der Waals surface area contributed by atoms with Gasteiger partial charge in [-0.2, -0.15) is 0 Å². The fourth-order valence-electron chi connectivity index (χ4n) is 2.34. The van der Waals surface area contributed by atoms with E-state index < -0.39 is 10.0 Å². The fraction of sp³-hybridized carbons (Fsp3) is 0.368. The Bertz CT molecular complexity index is 756. The third-order valence-electron chi connectivity index (χ3n) is 3.80. The molecule has 2 rings (SSSR count). The van der Waals surface area contributed by atoms with E-state index in [1.54, 1.807) is 24.3 Å². The van der Waals surface area contributed by atoms with Crippen molar-refractivity contribution in [3.63, 3.8) is 0 Å². The summed E-state index contributed by atoms with van der Waals surface area (Å²) in [6.45, 7) is 4.49. The lowest BCUT2D eigenvalue weighted by Crippen LogP contribution is -2.26. The first-order valence-electron chi connectivity index (χ1n) is 8.26. The Morgan fingerprint density at radius 1 is 1.00 bits per heavy atom. The highest BCUT2D eigenvalue weighted by molar-refractivity contribution is 7.92. The Kier molecular flexibility index (Phi) is 6.84. The third-order valence-corrected chi connectivity index (χ3v) is 4.41. The molecule has 0 radical (unpaired) electrons. The van der Waals surface area contributed by atoms with Crippen molar-refractivity contribution in [3.8, 4) is 5.75 Å². The van der Waals surface area contributed by atoms with Crippen molar-refractivity contribution in [2.24, 2.45) is 0 Å². The van der Waals surface area contributed by atoms with E-state index in [1.165, 1.54) is 11.1 Å². The van der Waals surface area contributed by atoms with Crippen LogP contribution in [-0.2, 0) is 16.4 Å². The highest BCUT2D eigenvalue weighted by atomic mass is 32.2.